The lowest BCUT2D eigenvalue weighted by Crippen LogP contribution is -2.37. The number of halogens is 1. The summed E-state index contributed by atoms with van der Waals surface area (Å²) < 4.78 is 5.47. The average molecular weight is 184 g/mol. The molecule has 0 aromatic carbocycles. The van der Waals surface area contributed by atoms with Crippen LogP contribution in [-0.4, -0.2) is 11.6 Å². The molecule has 0 saturated carbocycles. The Balaban J connectivity index is 2.33. The summed E-state index contributed by atoms with van der Waals surface area (Å²) in [7, 11) is 0. The zero-order chi connectivity index (χ0) is 8.60. The van der Waals surface area contributed by atoms with E-state index < -0.39 is 0 Å². The molecule has 2 heterocycles. The molecule has 1 atom stereocenters. The number of aromatic nitrogens is 1. The SMILES string of the molecule is CC1(c2ccnc(Cl)c2)CCO1. The van der Waals surface area contributed by atoms with Crippen molar-refractivity contribution in [1.82, 2.24) is 4.98 Å². The van der Waals surface area contributed by atoms with Crippen molar-refractivity contribution < 1.29 is 4.74 Å². The molecule has 64 valence electrons. The van der Waals surface area contributed by atoms with E-state index in [1.165, 1.54) is 0 Å². The van der Waals surface area contributed by atoms with E-state index in [4.69, 9.17) is 16.3 Å². The second kappa shape index (κ2) is 2.71. The molecule has 0 aliphatic carbocycles. The van der Waals surface area contributed by atoms with Crippen molar-refractivity contribution in [3.8, 4) is 0 Å². The van der Waals surface area contributed by atoms with E-state index in [0.29, 0.717) is 5.15 Å². The number of hydrogen-bond acceptors (Lipinski definition) is 2. The van der Waals surface area contributed by atoms with Crippen LogP contribution in [0.2, 0.25) is 5.15 Å². The molecule has 1 aromatic heterocycles. The van der Waals surface area contributed by atoms with Gasteiger partial charge in [0.1, 0.15) is 5.15 Å². The van der Waals surface area contributed by atoms with E-state index in [1.807, 2.05) is 12.1 Å². The highest BCUT2D eigenvalue weighted by Gasteiger charge is 2.34. The zero-order valence-electron chi connectivity index (χ0n) is 6.88. The molecule has 2 rings (SSSR count). The zero-order valence-corrected chi connectivity index (χ0v) is 7.64. The largest absolute Gasteiger partial charge is 0.370 e. The van der Waals surface area contributed by atoms with E-state index in [-0.39, 0.29) is 5.60 Å². The summed E-state index contributed by atoms with van der Waals surface area (Å²) in [6.07, 6.45) is 2.78. The molecule has 0 bridgehead atoms. The lowest BCUT2D eigenvalue weighted by Gasteiger charge is -2.39. The predicted molar refractivity (Wildman–Crippen MR) is 47.2 cm³/mol. The van der Waals surface area contributed by atoms with E-state index in [0.717, 1.165) is 18.6 Å². The van der Waals surface area contributed by atoms with Gasteiger partial charge >= 0.3 is 0 Å². The van der Waals surface area contributed by atoms with Crippen LogP contribution in [0.25, 0.3) is 0 Å². The first kappa shape index (κ1) is 8.02. The maximum Gasteiger partial charge on any atom is 0.129 e. The summed E-state index contributed by atoms with van der Waals surface area (Å²) in [5.41, 5.74) is 1.00. The Morgan fingerprint density at radius 2 is 2.42 bits per heavy atom. The van der Waals surface area contributed by atoms with Gasteiger partial charge in [-0.2, -0.15) is 0 Å². The van der Waals surface area contributed by atoms with Gasteiger partial charge in [-0.3, -0.25) is 0 Å². The van der Waals surface area contributed by atoms with E-state index in [9.17, 15) is 0 Å². The Bertz CT molecular complexity index is 296. The second-order valence-electron chi connectivity index (χ2n) is 3.20. The van der Waals surface area contributed by atoms with Gasteiger partial charge in [-0.15, -0.1) is 0 Å². The third-order valence-electron chi connectivity index (χ3n) is 2.34. The van der Waals surface area contributed by atoms with Crippen molar-refractivity contribution in [3.05, 3.63) is 29.0 Å². The molecule has 3 heteroatoms. The fourth-order valence-electron chi connectivity index (χ4n) is 1.37. The molecule has 0 N–H and O–H groups in total. The van der Waals surface area contributed by atoms with Gasteiger partial charge in [-0.25, -0.2) is 4.98 Å². The monoisotopic (exact) mass is 183 g/mol. The van der Waals surface area contributed by atoms with Crippen molar-refractivity contribution in [2.75, 3.05) is 6.61 Å². The second-order valence-corrected chi connectivity index (χ2v) is 3.58. The highest BCUT2D eigenvalue weighted by molar-refractivity contribution is 6.29. The van der Waals surface area contributed by atoms with Crippen LogP contribution in [0.1, 0.15) is 18.9 Å². The van der Waals surface area contributed by atoms with E-state index in [1.54, 1.807) is 6.20 Å². The van der Waals surface area contributed by atoms with Gasteiger partial charge in [-0.1, -0.05) is 11.6 Å². The van der Waals surface area contributed by atoms with Crippen LogP contribution < -0.4 is 0 Å². The molecule has 1 aliphatic heterocycles. The van der Waals surface area contributed by atoms with E-state index in [2.05, 4.69) is 11.9 Å². The Hall–Kier alpha value is -0.600. The molecular formula is C9H10ClNO. The minimum absolute atomic E-state index is 0.118. The van der Waals surface area contributed by atoms with Gasteiger partial charge in [-0.05, 0) is 24.6 Å². The minimum atomic E-state index is -0.118. The van der Waals surface area contributed by atoms with Gasteiger partial charge < -0.3 is 4.74 Å². The van der Waals surface area contributed by atoms with Crippen molar-refractivity contribution in [3.63, 3.8) is 0 Å². The lowest BCUT2D eigenvalue weighted by molar-refractivity contribution is -0.140. The minimum Gasteiger partial charge on any atom is -0.370 e. The number of ether oxygens (including phenoxy) is 1. The van der Waals surface area contributed by atoms with Gasteiger partial charge in [0, 0.05) is 12.6 Å². The van der Waals surface area contributed by atoms with Gasteiger partial charge in [0.25, 0.3) is 0 Å². The highest BCUT2D eigenvalue weighted by atomic mass is 35.5. The van der Waals surface area contributed by atoms with Gasteiger partial charge in [0.15, 0.2) is 0 Å². The summed E-state index contributed by atoms with van der Waals surface area (Å²) in [6.45, 7) is 2.92. The molecule has 0 spiro atoms. The van der Waals surface area contributed by atoms with E-state index >= 15 is 0 Å². The smallest absolute Gasteiger partial charge is 0.129 e. The topological polar surface area (TPSA) is 22.1 Å². The average Bonchev–Trinajstić information content (AvgIpc) is 2.00. The lowest BCUT2D eigenvalue weighted by atomic mass is 9.89. The molecule has 12 heavy (non-hydrogen) atoms. The van der Waals surface area contributed by atoms with Crippen molar-refractivity contribution in [1.29, 1.82) is 0 Å². The quantitative estimate of drug-likeness (QED) is 0.624. The molecule has 1 unspecified atom stereocenters. The summed E-state index contributed by atoms with van der Waals surface area (Å²) in [6, 6.07) is 3.81. The van der Waals surface area contributed by atoms with Crippen LogP contribution in [0.5, 0.6) is 0 Å². The maximum absolute atomic E-state index is 5.77. The third kappa shape index (κ3) is 1.21. The normalized spacial score (nSPS) is 28.2. The molecule has 1 aromatic rings. The summed E-state index contributed by atoms with van der Waals surface area (Å²) in [5, 5.41) is 0.532. The number of pyridine rings is 1. The Morgan fingerprint density at radius 3 is 2.92 bits per heavy atom. The molecule has 0 radical (unpaired) electrons. The Kier molecular flexibility index (Phi) is 1.81. The van der Waals surface area contributed by atoms with Crippen LogP contribution in [0.4, 0.5) is 0 Å². The molecule has 2 nitrogen and oxygen atoms in total. The van der Waals surface area contributed by atoms with Crippen molar-refractivity contribution in [2.45, 2.75) is 18.9 Å². The predicted octanol–water partition coefficient (Wildman–Crippen LogP) is 2.37. The molecule has 1 fully saturated rings. The summed E-state index contributed by atoms with van der Waals surface area (Å²) >= 11 is 5.77. The van der Waals surface area contributed by atoms with Crippen molar-refractivity contribution in [2.24, 2.45) is 0 Å². The summed E-state index contributed by atoms with van der Waals surface area (Å²) in [4.78, 5) is 3.92. The standard InChI is InChI=1S/C9H10ClNO/c1-9(3-5-12-9)7-2-4-11-8(10)6-7/h2,4,6H,3,5H2,1H3. The van der Waals surface area contributed by atoms with Crippen LogP contribution in [0.15, 0.2) is 18.3 Å². The fraction of sp³-hybridized carbons (Fsp3) is 0.444. The first-order chi connectivity index (χ1) is 5.71. The first-order valence-electron chi connectivity index (χ1n) is 3.97. The maximum atomic E-state index is 5.77. The highest BCUT2D eigenvalue weighted by Crippen LogP contribution is 2.36. The molecule has 1 aliphatic rings. The third-order valence-corrected chi connectivity index (χ3v) is 2.54. The molecule has 1 saturated heterocycles. The van der Waals surface area contributed by atoms with Crippen LogP contribution in [0.3, 0.4) is 0 Å². The number of rotatable bonds is 1. The summed E-state index contributed by atoms with van der Waals surface area (Å²) in [5.74, 6) is 0. The van der Waals surface area contributed by atoms with Crippen LogP contribution in [0, 0.1) is 0 Å². The number of nitrogens with zero attached hydrogens (tertiary/aromatic N) is 1. The van der Waals surface area contributed by atoms with Crippen LogP contribution in [-0.2, 0) is 10.3 Å². The van der Waals surface area contributed by atoms with Crippen molar-refractivity contribution >= 4 is 11.6 Å². The molecule has 0 amide bonds. The Morgan fingerprint density at radius 1 is 1.67 bits per heavy atom. The Labute approximate surface area is 76.5 Å². The number of hydrogen-bond donors (Lipinski definition) is 0. The first-order valence-corrected chi connectivity index (χ1v) is 4.34. The molecular weight excluding hydrogens is 174 g/mol. The van der Waals surface area contributed by atoms with Gasteiger partial charge in [0.05, 0.1) is 12.2 Å². The fourth-order valence-corrected chi connectivity index (χ4v) is 1.54. The van der Waals surface area contributed by atoms with Crippen LogP contribution >= 0.6 is 11.6 Å². The van der Waals surface area contributed by atoms with Gasteiger partial charge in [0.2, 0.25) is 0 Å².